The van der Waals surface area contributed by atoms with Crippen LogP contribution in [0.3, 0.4) is 0 Å². The average Bonchev–Trinajstić information content (AvgIpc) is 3.03. The maximum atomic E-state index is 13.5. The summed E-state index contributed by atoms with van der Waals surface area (Å²) >= 11 is 0. The van der Waals surface area contributed by atoms with Crippen molar-refractivity contribution in [1.82, 2.24) is 4.90 Å². The van der Waals surface area contributed by atoms with Crippen molar-refractivity contribution in [2.24, 2.45) is 5.10 Å². The Morgan fingerprint density at radius 3 is 3.13 bits per heavy atom. The molecule has 2 rings (SSSR count). The number of rotatable bonds is 2. The first-order valence-electron chi connectivity index (χ1n) is 7.04. The Morgan fingerprint density at radius 2 is 2.43 bits per heavy atom. The number of likely N-dealkylation sites (tertiary alicyclic amines) is 1. The van der Waals surface area contributed by atoms with Gasteiger partial charge in [0.15, 0.2) is 5.71 Å². The third kappa shape index (κ3) is 3.86. The van der Waals surface area contributed by atoms with Crippen LogP contribution in [0.4, 0.5) is 4.39 Å². The minimum absolute atomic E-state index is 0.0779. The first kappa shape index (κ1) is 16.5. The van der Waals surface area contributed by atoms with E-state index in [0.717, 1.165) is 25.0 Å². The number of carbonyl (C=O) groups excluding carboxylic acids is 1. The van der Waals surface area contributed by atoms with Crippen molar-refractivity contribution >= 4 is 11.7 Å². The first-order valence-corrected chi connectivity index (χ1v) is 7.04. The second-order valence-corrected chi connectivity index (χ2v) is 4.91. The Bertz CT molecular complexity index is 695. The number of hydrogen-bond donors (Lipinski definition) is 0. The summed E-state index contributed by atoms with van der Waals surface area (Å²) in [5.41, 5.74) is 0.233. The quantitative estimate of drug-likeness (QED) is 0.254. The Labute approximate surface area is 133 Å². The first-order chi connectivity index (χ1) is 11.1. The van der Waals surface area contributed by atoms with Crippen LogP contribution in [-0.2, 0) is 9.53 Å². The Balaban J connectivity index is 2.38. The monoisotopic (exact) mass is 317 g/mol. The zero-order valence-electron chi connectivity index (χ0n) is 12.7. The fourth-order valence-corrected chi connectivity index (χ4v) is 2.38. The van der Waals surface area contributed by atoms with E-state index in [1.807, 2.05) is 6.07 Å². The van der Waals surface area contributed by atoms with Crippen LogP contribution in [0, 0.1) is 6.07 Å². The fourth-order valence-electron chi connectivity index (χ4n) is 2.38. The van der Waals surface area contributed by atoms with Crippen LogP contribution >= 0.6 is 0 Å². The molecule has 6 nitrogen and oxygen atoms in total. The van der Waals surface area contributed by atoms with Crippen LogP contribution < -0.4 is 5.11 Å². The molecule has 7 heteroatoms. The molecular formula is C16H16FN3O3. The average molecular weight is 317 g/mol. The molecule has 0 saturated carbocycles. The summed E-state index contributed by atoms with van der Waals surface area (Å²) in [7, 11) is 1.18. The van der Waals surface area contributed by atoms with E-state index in [9.17, 15) is 14.3 Å². The third-order valence-electron chi connectivity index (χ3n) is 3.51. The summed E-state index contributed by atoms with van der Waals surface area (Å²) in [5.74, 6) is -1.70. The highest BCUT2D eigenvalue weighted by molar-refractivity contribution is 6.12. The molecule has 0 amide bonds. The molecular weight excluding hydrogens is 301 g/mol. The van der Waals surface area contributed by atoms with Gasteiger partial charge in [-0.25, -0.2) is 9.18 Å². The van der Waals surface area contributed by atoms with Gasteiger partial charge in [0.2, 0.25) is 0 Å². The van der Waals surface area contributed by atoms with E-state index in [4.69, 9.17) is 0 Å². The highest BCUT2D eigenvalue weighted by atomic mass is 19.1. The standard InChI is InChI=1S/C16H16FN3O3/c1-3-12-5-4-8-20(12)16(22)13-9-11(17)6-7-14(13)19-18-10-15(21)23-2/h3,6-7,9,12H,1,4-5,8H2,2H3/t12-/m1/s1. The molecule has 0 aromatic carbocycles. The molecule has 0 bridgehead atoms. The molecule has 1 aliphatic carbocycles. The van der Waals surface area contributed by atoms with Gasteiger partial charge in [0.05, 0.1) is 7.11 Å². The maximum Gasteiger partial charge on any atom is 0.463 e. The summed E-state index contributed by atoms with van der Waals surface area (Å²) < 4.78 is 17.9. The summed E-state index contributed by atoms with van der Waals surface area (Å²) in [5, 5.41) is 16.4. The zero-order chi connectivity index (χ0) is 16.8. The molecule has 1 atom stereocenters. The Hall–Kier alpha value is -2.88. The molecule has 23 heavy (non-hydrogen) atoms. The van der Waals surface area contributed by atoms with E-state index in [0.29, 0.717) is 6.54 Å². The lowest BCUT2D eigenvalue weighted by atomic mass is 10.0. The molecule has 120 valence electrons. The molecule has 1 saturated heterocycles. The van der Waals surface area contributed by atoms with Gasteiger partial charge in [-0.2, -0.15) is 0 Å². The van der Waals surface area contributed by atoms with E-state index >= 15 is 0 Å². The largest absolute Gasteiger partial charge is 0.860 e. The van der Waals surface area contributed by atoms with E-state index in [2.05, 4.69) is 21.4 Å². The van der Waals surface area contributed by atoms with Gasteiger partial charge in [0.25, 0.3) is 0 Å². The summed E-state index contributed by atoms with van der Waals surface area (Å²) in [6, 6.07) is 1.93. The van der Waals surface area contributed by atoms with Crippen LogP contribution in [0.15, 0.2) is 53.3 Å². The zero-order valence-corrected chi connectivity index (χ0v) is 12.7. The minimum Gasteiger partial charge on any atom is -0.860 e. The predicted octanol–water partition coefficient (Wildman–Crippen LogP) is 1.49. The smallest absolute Gasteiger partial charge is 0.463 e. The molecule has 1 aliphatic heterocycles. The molecule has 0 N–H and O–H groups in total. The van der Waals surface area contributed by atoms with E-state index in [1.54, 1.807) is 11.0 Å². The number of esters is 1. The minimum atomic E-state index is -0.796. The number of hydrogen-bond acceptors (Lipinski definition) is 5. The van der Waals surface area contributed by atoms with Crippen LogP contribution in [0.5, 0.6) is 0 Å². The number of allylic oxidation sites excluding steroid dienone is 5. The lowest BCUT2D eigenvalue weighted by molar-refractivity contribution is -0.333. The summed E-state index contributed by atoms with van der Waals surface area (Å²) in [4.78, 5) is 16.0. The number of halogens is 1. The topological polar surface area (TPSA) is 69.3 Å². The van der Waals surface area contributed by atoms with E-state index in [-0.39, 0.29) is 23.2 Å². The van der Waals surface area contributed by atoms with Crippen molar-refractivity contribution in [3.63, 3.8) is 0 Å². The molecule has 1 fully saturated rings. The van der Waals surface area contributed by atoms with Crippen molar-refractivity contribution in [1.29, 1.82) is 0 Å². The van der Waals surface area contributed by atoms with Gasteiger partial charge in [0.1, 0.15) is 15.9 Å². The third-order valence-corrected chi connectivity index (χ3v) is 3.51. The highest BCUT2D eigenvalue weighted by Crippen LogP contribution is 2.25. The van der Waals surface area contributed by atoms with Crippen molar-refractivity contribution in [2.75, 3.05) is 13.7 Å². The molecule has 0 unspecified atom stereocenters. The van der Waals surface area contributed by atoms with Gasteiger partial charge in [-0.05, 0) is 37.0 Å². The van der Waals surface area contributed by atoms with Crippen molar-refractivity contribution in [2.45, 2.75) is 18.9 Å². The van der Waals surface area contributed by atoms with Crippen LogP contribution in [0.1, 0.15) is 12.8 Å². The molecule has 1 heterocycles. The van der Waals surface area contributed by atoms with Gasteiger partial charge in [-0.15, -0.1) is 6.58 Å². The van der Waals surface area contributed by atoms with E-state index < -0.39 is 11.8 Å². The lowest BCUT2D eigenvalue weighted by Crippen LogP contribution is -2.35. The number of carbonyl (C=O) groups is 1. The molecule has 0 spiro atoms. The lowest BCUT2D eigenvalue weighted by Gasteiger charge is -2.33. The van der Waals surface area contributed by atoms with Crippen LogP contribution in [-0.4, -0.2) is 36.3 Å². The van der Waals surface area contributed by atoms with Crippen molar-refractivity contribution in [3.8, 4) is 6.07 Å². The van der Waals surface area contributed by atoms with Gasteiger partial charge in [-0.1, -0.05) is 6.08 Å². The Morgan fingerprint density at radius 1 is 1.65 bits per heavy atom. The Kier molecular flexibility index (Phi) is 5.31. The van der Waals surface area contributed by atoms with Crippen molar-refractivity contribution in [3.05, 3.63) is 53.1 Å². The molecule has 0 aromatic heterocycles. The van der Waals surface area contributed by atoms with Gasteiger partial charge >= 0.3 is 12.0 Å². The van der Waals surface area contributed by atoms with Crippen molar-refractivity contribution < 1.29 is 19.0 Å². The van der Waals surface area contributed by atoms with Gasteiger partial charge in [0, 0.05) is 18.2 Å². The number of ether oxygens (including phenoxy) is 1. The number of methoxy groups -OCH3 is 1. The number of nitrogens with zero attached hydrogens (tertiary/aromatic N) is 3. The second-order valence-electron chi connectivity index (χ2n) is 4.91. The maximum absolute atomic E-state index is 13.5. The summed E-state index contributed by atoms with van der Waals surface area (Å²) in [6.45, 7) is 4.29. The van der Waals surface area contributed by atoms with Crippen LogP contribution in [0.2, 0.25) is 0 Å². The van der Waals surface area contributed by atoms with Crippen LogP contribution in [0.25, 0.3) is 4.95 Å². The predicted molar refractivity (Wildman–Crippen MR) is 82.0 cm³/mol. The van der Waals surface area contributed by atoms with Gasteiger partial charge < -0.3 is 14.7 Å². The SMILES string of the molecule is C=C[C@@H]1CCCN1/C([O-])=C1\C=C(F)C=C\C1=N/[N+]#CC(=O)OC. The summed E-state index contributed by atoms with van der Waals surface area (Å²) in [6.07, 6.45) is 6.98. The molecule has 0 radical (unpaired) electrons. The van der Waals surface area contributed by atoms with E-state index in [1.165, 1.54) is 13.2 Å². The second kappa shape index (κ2) is 7.40. The molecule has 2 aliphatic rings. The molecule has 0 aromatic rings. The van der Waals surface area contributed by atoms with Gasteiger partial charge in [-0.3, -0.25) is 0 Å². The normalized spacial score (nSPS) is 23.9. The highest BCUT2D eigenvalue weighted by Gasteiger charge is 2.23. The fraction of sp³-hybridized carbons (Fsp3) is 0.312.